The van der Waals surface area contributed by atoms with Crippen LogP contribution in [-0.4, -0.2) is 19.5 Å². The Morgan fingerprint density at radius 3 is 2.43 bits per heavy atom. The molecule has 5 heteroatoms. The lowest BCUT2D eigenvalue weighted by Crippen LogP contribution is -2.27. The Hall–Kier alpha value is -1.85. The first kappa shape index (κ1) is 20.9. The number of benzene rings is 2. The molecule has 152 valence electrons. The second-order valence-corrected chi connectivity index (χ2v) is 7.25. The lowest BCUT2D eigenvalue weighted by molar-refractivity contribution is -0.167. The molecule has 1 heterocycles. The quantitative estimate of drug-likeness (QED) is 0.510. The van der Waals surface area contributed by atoms with Gasteiger partial charge in [0.1, 0.15) is 5.82 Å². The van der Waals surface area contributed by atoms with E-state index in [4.69, 9.17) is 9.47 Å². The molecule has 0 saturated carbocycles. The molecule has 28 heavy (non-hydrogen) atoms. The van der Waals surface area contributed by atoms with Gasteiger partial charge in [-0.1, -0.05) is 44.5 Å². The van der Waals surface area contributed by atoms with Gasteiger partial charge in [0, 0.05) is 23.7 Å². The van der Waals surface area contributed by atoms with Crippen molar-refractivity contribution in [3.8, 4) is 11.1 Å². The van der Waals surface area contributed by atoms with Gasteiger partial charge in [-0.15, -0.1) is 0 Å². The van der Waals surface area contributed by atoms with Gasteiger partial charge in [0.2, 0.25) is 0 Å². The zero-order valence-electron chi connectivity index (χ0n) is 16.4. The Morgan fingerprint density at radius 1 is 1.00 bits per heavy atom. The standard InChI is InChI=1S/C23H27F3O2/c1-3-5-12-27-21-11-8-17(14-28-21)16-7-9-18(20(24)13-16)19-10-6-15(4-2)22(25)23(19)26/h6-7,9-10,13,17,21H,3-5,8,11-12,14H2,1-2H3. The highest BCUT2D eigenvalue weighted by Gasteiger charge is 2.24. The van der Waals surface area contributed by atoms with Gasteiger partial charge >= 0.3 is 0 Å². The second-order valence-electron chi connectivity index (χ2n) is 7.25. The fourth-order valence-corrected chi connectivity index (χ4v) is 3.56. The summed E-state index contributed by atoms with van der Waals surface area (Å²) in [4.78, 5) is 0. The average Bonchev–Trinajstić information content (AvgIpc) is 2.71. The maximum Gasteiger partial charge on any atom is 0.167 e. The summed E-state index contributed by atoms with van der Waals surface area (Å²) < 4.78 is 54.6. The zero-order chi connectivity index (χ0) is 20.1. The van der Waals surface area contributed by atoms with Crippen LogP contribution in [0.1, 0.15) is 56.6 Å². The zero-order valence-corrected chi connectivity index (χ0v) is 16.4. The Labute approximate surface area is 164 Å². The molecule has 0 aromatic heterocycles. The third-order valence-corrected chi connectivity index (χ3v) is 5.33. The number of ether oxygens (including phenoxy) is 2. The summed E-state index contributed by atoms with van der Waals surface area (Å²) in [6, 6.07) is 7.66. The van der Waals surface area contributed by atoms with Crippen molar-refractivity contribution in [1.82, 2.24) is 0 Å². The number of hydrogen-bond donors (Lipinski definition) is 0. The first-order valence-electron chi connectivity index (χ1n) is 10.0. The summed E-state index contributed by atoms with van der Waals surface area (Å²) in [6.07, 6.45) is 3.87. The minimum absolute atomic E-state index is 0.0527. The Balaban J connectivity index is 1.71. The third kappa shape index (κ3) is 4.58. The van der Waals surface area contributed by atoms with Gasteiger partial charge in [-0.2, -0.15) is 0 Å². The highest BCUT2D eigenvalue weighted by molar-refractivity contribution is 5.66. The Bertz CT molecular complexity index is 799. The van der Waals surface area contributed by atoms with E-state index in [1.54, 1.807) is 13.0 Å². The Morgan fingerprint density at radius 2 is 1.79 bits per heavy atom. The van der Waals surface area contributed by atoms with Gasteiger partial charge in [-0.25, -0.2) is 13.2 Å². The van der Waals surface area contributed by atoms with Crippen LogP contribution in [0.2, 0.25) is 0 Å². The van der Waals surface area contributed by atoms with E-state index in [1.807, 2.05) is 0 Å². The normalized spacial score (nSPS) is 19.8. The maximum atomic E-state index is 14.7. The van der Waals surface area contributed by atoms with Crippen LogP contribution in [0.25, 0.3) is 11.1 Å². The first-order valence-corrected chi connectivity index (χ1v) is 10.0. The van der Waals surface area contributed by atoms with Crippen molar-refractivity contribution in [2.75, 3.05) is 13.2 Å². The molecule has 2 nitrogen and oxygen atoms in total. The van der Waals surface area contributed by atoms with E-state index < -0.39 is 17.5 Å². The molecular weight excluding hydrogens is 365 g/mol. The van der Waals surface area contributed by atoms with Crippen LogP contribution in [0.4, 0.5) is 13.2 Å². The van der Waals surface area contributed by atoms with Crippen molar-refractivity contribution in [1.29, 1.82) is 0 Å². The lowest BCUT2D eigenvalue weighted by atomic mass is 9.91. The lowest BCUT2D eigenvalue weighted by Gasteiger charge is -2.29. The summed E-state index contributed by atoms with van der Waals surface area (Å²) >= 11 is 0. The number of rotatable bonds is 7. The van der Waals surface area contributed by atoms with Crippen molar-refractivity contribution in [3.63, 3.8) is 0 Å². The summed E-state index contributed by atoms with van der Waals surface area (Å²) in [5.74, 6) is -2.39. The number of hydrogen-bond acceptors (Lipinski definition) is 2. The topological polar surface area (TPSA) is 18.5 Å². The molecule has 0 amide bonds. The molecule has 2 aromatic carbocycles. The average molecular weight is 392 g/mol. The van der Waals surface area contributed by atoms with Crippen molar-refractivity contribution < 1.29 is 22.6 Å². The van der Waals surface area contributed by atoms with Crippen LogP contribution in [0.5, 0.6) is 0 Å². The van der Waals surface area contributed by atoms with Crippen LogP contribution in [-0.2, 0) is 15.9 Å². The number of halogens is 3. The van der Waals surface area contributed by atoms with Gasteiger partial charge < -0.3 is 9.47 Å². The van der Waals surface area contributed by atoms with Crippen molar-refractivity contribution in [2.45, 2.75) is 58.2 Å². The molecule has 3 rings (SSSR count). The highest BCUT2D eigenvalue weighted by atomic mass is 19.2. The molecule has 1 fully saturated rings. The van der Waals surface area contributed by atoms with Gasteiger partial charge in [0.25, 0.3) is 0 Å². The molecular formula is C23H27F3O2. The maximum absolute atomic E-state index is 14.7. The predicted octanol–water partition coefficient (Wildman–Crippen LogP) is 6.37. The van der Waals surface area contributed by atoms with Crippen LogP contribution in [0.3, 0.4) is 0 Å². The molecule has 1 aliphatic heterocycles. The summed E-state index contributed by atoms with van der Waals surface area (Å²) in [5, 5.41) is 0. The van der Waals surface area contributed by atoms with Crippen molar-refractivity contribution in [3.05, 3.63) is 58.9 Å². The highest BCUT2D eigenvalue weighted by Crippen LogP contribution is 2.33. The molecule has 2 atom stereocenters. The third-order valence-electron chi connectivity index (χ3n) is 5.33. The SMILES string of the molecule is CCCCOC1CCC(c2ccc(-c3ccc(CC)c(F)c3F)c(F)c2)CO1. The van der Waals surface area contributed by atoms with Crippen LogP contribution >= 0.6 is 0 Å². The fraction of sp³-hybridized carbons (Fsp3) is 0.478. The predicted molar refractivity (Wildman–Crippen MR) is 104 cm³/mol. The van der Waals surface area contributed by atoms with Gasteiger partial charge in [-0.05, 0) is 42.9 Å². The minimum Gasteiger partial charge on any atom is -0.353 e. The van der Waals surface area contributed by atoms with E-state index in [-0.39, 0.29) is 28.9 Å². The summed E-state index contributed by atoms with van der Waals surface area (Å²) in [7, 11) is 0. The van der Waals surface area contributed by atoms with Crippen molar-refractivity contribution in [2.24, 2.45) is 0 Å². The smallest absolute Gasteiger partial charge is 0.167 e. The minimum atomic E-state index is -1.00. The van der Waals surface area contributed by atoms with Crippen LogP contribution in [0.15, 0.2) is 30.3 Å². The largest absolute Gasteiger partial charge is 0.353 e. The van der Waals surface area contributed by atoms with E-state index in [0.29, 0.717) is 19.6 Å². The molecule has 0 aliphatic carbocycles. The molecule has 0 bridgehead atoms. The van der Waals surface area contributed by atoms with Gasteiger partial charge in [0.05, 0.1) is 6.61 Å². The molecule has 0 spiro atoms. The van der Waals surface area contributed by atoms with Gasteiger partial charge in [-0.3, -0.25) is 0 Å². The number of aryl methyl sites for hydroxylation is 1. The van der Waals surface area contributed by atoms with E-state index in [1.165, 1.54) is 24.3 Å². The van der Waals surface area contributed by atoms with E-state index in [0.717, 1.165) is 31.2 Å². The monoisotopic (exact) mass is 392 g/mol. The van der Waals surface area contributed by atoms with Crippen LogP contribution < -0.4 is 0 Å². The molecule has 2 unspecified atom stereocenters. The van der Waals surface area contributed by atoms with E-state index in [2.05, 4.69) is 6.92 Å². The number of unbranched alkanes of at least 4 members (excludes halogenated alkanes) is 1. The molecule has 1 aliphatic rings. The van der Waals surface area contributed by atoms with Crippen LogP contribution in [0, 0.1) is 17.5 Å². The fourth-order valence-electron chi connectivity index (χ4n) is 3.56. The summed E-state index contributed by atoms with van der Waals surface area (Å²) in [5.41, 5.74) is 1.11. The Kier molecular flexibility index (Phi) is 7.13. The van der Waals surface area contributed by atoms with E-state index >= 15 is 0 Å². The molecule has 0 radical (unpaired) electrons. The second kappa shape index (κ2) is 9.57. The summed E-state index contributed by atoms with van der Waals surface area (Å²) in [6.45, 7) is 5.01. The molecule has 0 N–H and O–H groups in total. The van der Waals surface area contributed by atoms with Crippen molar-refractivity contribution >= 4 is 0 Å². The van der Waals surface area contributed by atoms with Gasteiger partial charge in [0.15, 0.2) is 17.9 Å². The first-order chi connectivity index (χ1) is 13.5. The molecule has 1 saturated heterocycles. The van der Waals surface area contributed by atoms with E-state index in [9.17, 15) is 13.2 Å². The molecule has 2 aromatic rings.